The largest absolute Gasteiger partial charge is 0.493 e. The molecule has 0 saturated heterocycles. The molecule has 0 radical (unpaired) electrons. The van der Waals surface area contributed by atoms with E-state index in [0.717, 1.165) is 15.7 Å². The number of anilines is 2. The zero-order valence-electron chi connectivity index (χ0n) is 15.4. The van der Waals surface area contributed by atoms with Gasteiger partial charge in [0.05, 0.1) is 14.2 Å². The quantitative estimate of drug-likeness (QED) is 0.780. The highest BCUT2D eigenvalue weighted by atomic mass is 79.9. The lowest BCUT2D eigenvalue weighted by atomic mass is 9.99. The van der Waals surface area contributed by atoms with Crippen LogP contribution in [-0.2, 0) is 16.0 Å². The molecule has 2 aromatic rings. The number of carbonyl (C=O) groups is 2. The first kappa shape index (κ1) is 19.2. The van der Waals surface area contributed by atoms with Crippen LogP contribution in [0.5, 0.6) is 11.5 Å². The number of hydrogen-bond acceptors (Lipinski definition) is 4. The summed E-state index contributed by atoms with van der Waals surface area (Å²) in [7, 11) is 3.09. The summed E-state index contributed by atoms with van der Waals surface area (Å²) in [6.45, 7) is 1.73. The summed E-state index contributed by atoms with van der Waals surface area (Å²) in [6, 6.07) is 10.2. The average Bonchev–Trinajstić information content (AvgIpc) is 2.67. The van der Waals surface area contributed by atoms with Crippen molar-refractivity contribution in [2.75, 3.05) is 24.4 Å². The standard InChI is InChI=1S/C20H21BrN2O4/c1-12(20(25)22-15-6-8-17(26-2)18(11-15)27-3)23-16-7-5-14(21)10-13(16)4-9-19(23)24/h5-8,10-12H,4,9H2,1-3H3,(H,22,25). The molecule has 1 unspecified atom stereocenters. The summed E-state index contributed by atoms with van der Waals surface area (Å²) >= 11 is 3.46. The molecule has 3 rings (SSSR count). The van der Waals surface area contributed by atoms with Gasteiger partial charge in [0, 0.05) is 28.3 Å². The van der Waals surface area contributed by atoms with Gasteiger partial charge in [0.1, 0.15) is 6.04 Å². The molecule has 1 atom stereocenters. The molecule has 6 nitrogen and oxygen atoms in total. The van der Waals surface area contributed by atoms with E-state index in [1.807, 2.05) is 18.2 Å². The number of benzene rings is 2. The molecule has 27 heavy (non-hydrogen) atoms. The fraction of sp³-hybridized carbons (Fsp3) is 0.300. The van der Waals surface area contributed by atoms with Gasteiger partial charge in [0.2, 0.25) is 11.8 Å². The third kappa shape index (κ3) is 3.93. The number of methoxy groups -OCH3 is 2. The molecule has 1 heterocycles. The molecule has 1 aliphatic heterocycles. The Balaban J connectivity index is 1.83. The second-order valence-electron chi connectivity index (χ2n) is 6.27. The normalized spacial score (nSPS) is 14.4. The van der Waals surface area contributed by atoms with Crippen LogP contribution >= 0.6 is 15.9 Å². The van der Waals surface area contributed by atoms with Gasteiger partial charge >= 0.3 is 0 Å². The molecule has 0 aromatic heterocycles. The van der Waals surface area contributed by atoms with Crippen molar-refractivity contribution in [1.82, 2.24) is 0 Å². The maximum absolute atomic E-state index is 12.8. The van der Waals surface area contributed by atoms with Crippen molar-refractivity contribution >= 4 is 39.1 Å². The molecular weight excluding hydrogens is 412 g/mol. The minimum absolute atomic E-state index is 0.0558. The van der Waals surface area contributed by atoms with Gasteiger partial charge in [-0.3, -0.25) is 14.5 Å². The van der Waals surface area contributed by atoms with Gasteiger partial charge in [-0.15, -0.1) is 0 Å². The van der Waals surface area contributed by atoms with Gasteiger partial charge in [-0.25, -0.2) is 0 Å². The van der Waals surface area contributed by atoms with Crippen LogP contribution in [0.25, 0.3) is 0 Å². The number of halogens is 1. The van der Waals surface area contributed by atoms with Crippen molar-refractivity contribution in [1.29, 1.82) is 0 Å². The molecule has 0 bridgehead atoms. The molecular formula is C20H21BrN2O4. The van der Waals surface area contributed by atoms with E-state index in [1.165, 1.54) is 7.11 Å². The van der Waals surface area contributed by atoms with Crippen LogP contribution in [0.1, 0.15) is 18.9 Å². The summed E-state index contributed by atoms with van der Waals surface area (Å²) in [5, 5.41) is 2.85. The Morgan fingerprint density at radius 3 is 2.56 bits per heavy atom. The summed E-state index contributed by atoms with van der Waals surface area (Å²) in [5.41, 5.74) is 2.41. The van der Waals surface area contributed by atoms with Crippen molar-refractivity contribution in [3.63, 3.8) is 0 Å². The molecule has 0 saturated carbocycles. The molecule has 2 aromatic carbocycles. The molecule has 142 valence electrons. The van der Waals surface area contributed by atoms with Crippen LogP contribution in [0.2, 0.25) is 0 Å². The molecule has 1 aliphatic rings. The van der Waals surface area contributed by atoms with E-state index in [2.05, 4.69) is 21.2 Å². The number of carbonyl (C=O) groups excluding carboxylic acids is 2. The number of nitrogens with one attached hydrogen (secondary N) is 1. The lowest BCUT2D eigenvalue weighted by Gasteiger charge is -2.33. The Morgan fingerprint density at radius 1 is 1.11 bits per heavy atom. The van der Waals surface area contributed by atoms with Crippen LogP contribution in [0.4, 0.5) is 11.4 Å². The van der Waals surface area contributed by atoms with E-state index in [9.17, 15) is 9.59 Å². The lowest BCUT2D eigenvalue weighted by molar-refractivity contribution is -0.123. The number of amides is 2. The number of ether oxygens (including phenoxy) is 2. The Bertz CT molecular complexity index is 884. The summed E-state index contributed by atoms with van der Waals surface area (Å²) in [6.07, 6.45) is 1.06. The van der Waals surface area contributed by atoms with Gasteiger partial charge in [0.25, 0.3) is 0 Å². The van der Waals surface area contributed by atoms with E-state index >= 15 is 0 Å². The van der Waals surface area contributed by atoms with Gasteiger partial charge in [0.15, 0.2) is 11.5 Å². The van der Waals surface area contributed by atoms with E-state index in [0.29, 0.717) is 30.0 Å². The van der Waals surface area contributed by atoms with Crippen LogP contribution < -0.4 is 19.7 Å². The van der Waals surface area contributed by atoms with Crippen LogP contribution in [0.15, 0.2) is 40.9 Å². The third-order valence-electron chi connectivity index (χ3n) is 4.60. The topological polar surface area (TPSA) is 67.9 Å². The highest BCUT2D eigenvalue weighted by Gasteiger charge is 2.32. The first-order valence-electron chi connectivity index (χ1n) is 8.58. The highest BCUT2D eigenvalue weighted by molar-refractivity contribution is 9.10. The maximum Gasteiger partial charge on any atom is 0.247 e. The Hall–Kier alpha value is -2.54. The fourth-order valence-corrected chi connectivity index (χ4v) is 3.60. The molecule has 0 spiro atoms. The first-order chi connectivity index (χ1) is 12.9. The van der Waals surface area contributed by atoms with E-state index < -0.39 is 6.04 Å². The Kier molecular flexibility index (Phi) is 5.70. The fourth-order valence-electron chi connectivity index (χ4n) is 3.19. The second kappa shape index (κ2) is 8.00. The highest BCUT2D eigenvalue weighted by Crippen LogP contribution is 2.33. The monoisotopic (exact) mass is 432 g/mol. The molecule has 1 N–H and O–H groups in total. The predicted molar refractivity (Wildman–Crippen MR) is 108 cm³/mol. The number of rotatable bonds is 5. The Morgan fingerprint density at radius 2 is 1.85 bits per heavy atom. The van der Waals surface area contributed by atoms with Crippen molar-refractivity contribution in [3.05, 3.63) is 46.4 Å². The predicted octanol–water partition coefficient (Wildman–Crippen LogP) is 3.77. The van der Waals surface area contributed by atoms with Gasteiger partial charge < -0.3 is 14.8 Å². The number of aryl methyl sites for hydroxylation is 1. The maximum atomic E-state index is 12.8. The van der Waals surface area contributed by atoms with Gasteiger partial charge in [-0.1, -0.05) is 15.9 Å². The number of hydrogen-bond donors (Lipinski definition) is 1. The minimum atomic E-state index is -0.647. The van der Waals surface area contributed by atoms with E-state index in [4.69, 9.17) is 9.47 Å². The van der Waals surface area contributed by atoms with Crippen LogP contribution in [0.3, 0.4) is 0 Å². The molecule has 2 amide bonds. The summed E-state index contributed by atoms with van der Waals surface area (Å²) < 4.78 is 11.4. The van der Waals surface area contributed by atoms with Crippen LogP contribution in [0, 0.1) is 0 Å². The summed E-state index contributed by atoms with van der Waals surface area (Å²) in [4.78, 5) is 26.9. The Labute approximate surface area is 166 Å². The first-order valence-corrected chi connectivity index (χ1v) is 9.37. The molecule has 7 heteroatoms. The van der Waals surface area contributed by atoms with Crippen molar-refractivity contribution < 1.29 is 19.1 Å². The minimum Gasteiger partial charge on any atom is -0.493 e. The smallest absolute Gasteiger partial charge is 0.247 e. The average molecular weight is 433 g/mol. The zero-order valence-corrected chi connectivity index (χ0v) is 17.0. The number of fused-ring (bicyclic) bond motifs is 1. The second-order valence-corrected chi connectivity index (χ2v) is 7.19. The lowest BCUT2D eigenvalue weighted by Crippen LogP contribution is -2.47. The van der Waals surface area contributed by atoms with E-state index in [-0.39, 0.29) is 11.8 Å². The molecule has 0 fully saturated rings. The van der Waals surface area contributed by atoms with Crippen molar-refractivity contribution in [2.45, 2.75) is 25.8 Å². The van der Waals surface area contributed by atoms with Crippen LogP contribution in [-0.4, -0.2) is 32.1 Å². The van der Waals surface area contributed by atoms with Gasteiger partial charge in [-0.05, 0) is 49.2 Å². The van der Waals surface area contributed by atoms with E-state index in [1.54, 1.807) is 37.1 Å². The summed E-state index contributed by atoms with van der Waals surface area (Å²) in [5.74, 6) is 0.771. The van der Waals surface area contributed by atoms with Crippen molar-refractivity contribution in [2.24, 2.45) is 0 Å². The third-order valence-corrected chi connectivity index (χ3v) is 5.09. The number of nitrogens with zero attached hydrogens (tertiary/aromatic N) is 1. The van der Waals surface area contributed by atoms with Crippen molar-refractivity contribution in [3.8, 4) is 11.5 Å². The van der Waals surface area contributed by atoms with Gasteiger partial charge in [-0.2, -0.15) is 0 Å². The molecule has 0 aliphatic carbocycles. The SMILES string of the molecule is COc1ccc(NC(=O)C(C)N2C(=O)CCc3cc(Br)ccc32)cc1OC. The zero-order chi connectivity index (χ0) is 19.6.